The summed E-state index contributed by atoms with van der Waals surface area (Å²) in [4.78, 5) is 35.7. The van der Waals surface area contributed by atoms with Crippen molar-refractivity contribution in [2.45, 2.75) is 45.1 Å². The summed E-state index contributed by atoms with van der Waals surface area (Å²) < 4.78 is 0. The molecule has 1 aromatic heterocycles. The van der Waals surface area contributed by atoms with Crippen molar-refractivity contribution in [2.24, 2.45) is 0 Å². The Kier molecular flexibility index (Phi) is 6.24. The van der Waals surface area contributed by atoms with Gasteiger partial charge >= 0.3 is 0 Å². The van der Waals surface area contributed by atoms with Gasteiger partial charge in [0.2, 0.25) is 0 Å². The van der Waals surface area contributed by atoms with E-state index in [9.17, 15) is 9.59 Å². The summed E-state index contributed by atoms with van der Waals surface area (Å²) in [5.74, 6) is -0.362. The second kappa shape index (κ2) is 9.22. The van der Waals surface area contributed by atoms with E-state index in [1.807, 2.05) is 12.4 Å². The molecule has 29 heavy (non-hydrogen) atoms. The maximum Gasteiger partial charge on any atom is 0.261 e. The highest BCUT2D eigenvalue weighted by Gasteiger charge is 2.34. The Hall–Kier alpha value is -2.67. The van der Waals surface area contributed by atoms with Crippen LogP contribution in [0.2, 0.25) is 0 Å². The molecule has 1 saturated heterocycles. The normalized spacial score (nSPS) is 17.0. The van der Waals surface area contributed by atoms with Gasteiger partial charge in [0.25, 0.3) is 11.8 Å². The number of fused-ring (bicyclic) bond motifs is 1. The third kappa shape index (κ3) is 4.67. The monoisotopic (exact) mass is 396 g/mol. The van der Waals surface area contributed by atoms with Crippen LogP contribution in [-0.4, -0.2) is 57.8 Å². The number of imide groups is 1. The van der Waals surface area contributed by atoms with E-state index in [2.05, 4.69) is 10.00 Å². The van der Waals surface area contributed by atoms with Crippen LogP contribution in [0.3, 0.4) is 0 Å². The molecule has 0 unspecified atom stereocenters. The van der Waals surface area contributed by atoms with E-state index >= 15 is 0 Å². The number of carbonyl (C=O) groups excluding carboxylic acids is 2. The molecule has 2 aromatic rings. The molecule has 0 saturated carbocycles. The number of amides is 2. The molecule has 1 fully saturated rings. The number of likely N-dealkylation sites (tertiary alicyclic amines) is 1. The third-order valence-electron chi connectivity index (χ3n) is 5.60. The zero-order valence-electron chi connectivity index (χ0n) is 16.8. The van der Waals surface area contributed by atoms with Gasteiger partial charge in [0.05, 0.1) is 23.5 Å². The van der Waals surface area contributed by atoms with Crippen molar-refractivity contribution < 1.29 is 14.4 Å². The molecule has 0 atom stereocenters. The Labute approximate surface area is 171 Å². The van der Waals surface area contributed by atoms with Crippen LogP contribution in [0, 0.1) is 0 Å². The first kappa shape index (κ1) is 19.6. The lowest BCUT2D eigenvalue weighted by molar-refractivity contribution is 0.0644. The van der Waals surface area contributed by atoms with Crippen molar-refractivity contribution in [2.75, 3.05) is 26.2 Å². The van der Waals surface area contributed by atoms with Gasteiger partial charge in [0.15, 0.2) is 0 Å². The van der Waals surface area contributed by atoms with Crippen molar-refractivity contribution in [3.8, 4) is 0 Å². The maximum absolute atomic E-state index is 12.3. The van der Waals surface area contributed by atoms with Crippen LogP contribution in [0.5, 0.6) is 0 Å². The lowest BCUT2D eigenvalue weighted by Gasteiger charge is -2.25. The van der Waals surface area contributed by atoms with Crippen LogP contribution >= 0.6 is 0 Å². The van der Waals surface area contributed by atoms with E-state index in [1.54, 1.807) is 29.1 Å². The Bertz CT molecular complexity index is 822. The smallest absolute Gasteiger partial charge is 0.261 e. The van der Waals surface area contributed by atoms with Crippen LogP contribution in [0.1, 0.15) is 64.8 Å². The van der Waals surface area contributed by atoms with Gasteiger partial charge in [-0.05, 0) is 57.3 Å². The SMILES string of the molecule is O=C1c2ccccc2C(=O)N1CCCCCOn1cc(CN2CCCCC2)cn1. The standard InChI is InChI=1S/C22H28N4O3/c27-21-19-9-3-4-10-20(19)22(28)25(21)13-7-2-8-14-29-26-17-18(15-23-26)16-24-11-5-1-6-12-24/h3-4,9-10,15,17H,1-2,5-8,11-14,16H2. The van der Waals surface area contributed by atoms with Crippen LogP contribution in [0.15, 0.2) is 36.7 Å². The average molecular weight is 396 g/mol. The summed E-state index contributed by atoms with van der Waals surface area (Å²) in [5, 5.41) is 4.28. The Balaban J connectivity index is 1.13. The Morgan fingerprint density at radius 2 is 1.66 bits per heavy atom. The lowest BCUT2D eigenvalue weighted by Crippen LogP contribution is -2.30. The van der Waals surface area contributed by atoms with E-state index in [1.165, 1.54) is 42.8 Å². The topological polar surface area (TPSA) is 67.7 Å². The number of hydrogen-bond donors (Lipinski definition) is 0. The second-order valence-electron chi connectivity index (χ2n) is 7.79. The quantitative estimate of drug-likeness (QED) is 0.482. The summed E-state index contributed by atoms with van der Waals surface area (Å²) in [5.41, 5.74) is 2.21. The van der Waals surface area contributed by atoms with Gasteiger partial charge in [-0.1, -0.05) is 18.6 Å². The third-order valence-corrected chi connectivity index (χ3v) is 5.60. The molecule has 0 spiro atoms. The van der Waals surface area contributed by atoms with E-state index in [0.717, 1.165) is 25.8 Å². The summed E-state index contributed by atoms with van der Waals surface area (Å²) in [6, 6.07) is 7.01. The Morgan fingerprint density at radius 1 is 0.931 bits per heavy atom. The molecule has 0 N–H and O–H groups in total. The van der Waals surface area contributed by atoms with Crippen LogP contribution in [0.25, 0.3) is 0 Å². The predicted molar refractivity (Wildman–Crippen MR) is 108 cm³/mol. The molecule has 0 bridgehead atoms. The number of carbonyl (C=O) groups is 2. The van der Waals surface area contributed by atoms with Gasteiger partial charge in [0, 0.05) is 18.7 Å². The molecule has 0 radical (unpaired) electrons. The molecule has 2 aliphatic heterocycles. The van der Waals surface area contributed by atoms with Crippen molar-refractivity contribution in [1.82, 2.24) is 19.7 Å². The Morgan fingerprint density at radius 3 is 2.38 bits per heavy atom. The van der Waals surface area contributed by atoms with E-state index in [4.69, 9.17) is 4.84 Å². The van der Waals surface area contributed by atoms with Gasteiger partial charge in [-0.15, -0.1) is 9.94 Å². The van der Waals surface area contributed by atoms with Gasteiger partial charge < -0.3 is 4.84 Å². The number of rotatable bonds is 9. The van der Waals surface area contributed by atoms with Crippen molar-refractivity contribution >= 4 is 11.8 Å². The first-order valence-electron chi connectivity index (χ1n) is 10.6. The molecule has 7 heteroatoms. The fourth-order valence-electron chi connectivity index (χ4n) is 4.02. The summed E-state index contributed by atoms with van der Waals surface area (Å²) in [6.07, 6.45) is 10.2. The minimum atomic E-state index is -0.181. The maximum atomic E-state index is 12.3. The fourth-order valence-corrected chi connectivity index (χ4v) is 4.02. The molecular formula is C22H28N4O3. The van der Waals surface area contributed by atoms with Gasteiger partial charge in [0.1, 0.15) is 6.61 Å². The number of unbranched alkanes of at least 4 members (excludes halogenated alkanes) is 2. The summed E-state index contributed by atoms with van der Waals surface area (Å²) in [6.45, 7) is 4.28. The van der Waals surface area contributed by atoms with E-state index in [-0.39, 0.29) is 11.8 Å². The molecule has 7 nitrogen and oxygen atoms in total. The largest absolute Gasteiger partial charge is 0.397 e. The first-order valence-corrected chi connectivity index (χ1v) is 10.6. The lowest BCUT2D eigenvalue weighted by atomic mass is 10.1. The van der Waals surface area contributed by atoms with Gasteiger partial charge in [-0.3, -0.25) is 19.4 Å². The molecule has 2 aliphatic rings. The number of benzene rings is 1. The van der Waals surface area contributed by atoms with Crippen molar-refractivity contribution in [3.05, 3.63) is 53.3 Å². The number of piperidine rings is 1. The average Bonchev–Trinajstić information content (AvgIpc) is 3.29. The van der Waals surface area contributed by atoms with E-state index < -0.39 is 0 Å². The predicted octanol–water partition coefficient (Wildman–Crippen LogP) is 2.76. The van der Waals surface area contributed by atoms with Crippen LogP contribution in [-0.2, 0) is 6.54 Å². The molecule has 154 valence electrons. The van der Waals surface area contributed by atoms with Crippen molar-refractivity contribution in [1.29, 1.82) is 0 Å². The van der Waals surface area contributed by atoms with Crippen LogP contribution < -0.4 is 4.84 Å². The zero-order valence-corrected chi connectivity index (χ0v) is 16.8. The van der Waals surface area contributed by atoms with E-state index in [0.29, 0.717) is 24.3 Å². The van der Waals surface area contributed by atoms with Gasteiger partial charge in [-0.2, -0.15) is 0 Å². The molecule has 0 aliphatic carbocycles. The molecule has 3 heterocycles. The minimum Gasteiger partial charge on any atom is -0.397 e. The molecule has 2 amide bonds. The molecule has 1 aromatic carbocycles. The fraction of sp³-hybridized carbons (Fsp3) is 0.500. The highest BCUT2D eigenvalue weighted by molar-refractivity contribution is 6.21. The number of nitrogens with zero attached hydrogens (tertiary/aromatic N) is 4. The molecular weight excluding hydrogens is 368 g/mol. The molecule has 4 rings (SSSR count). The number of hydrogen-bond acceptors (Lipinski definition) is 5. The van der Waals surface area contributed by atoms with Crippen molar-refractivity contribution in [3.63, 3.8) is 0 Å². The second-order valence-corrected chi connectivity index (χ2v) is 7.79. The van der Waals surface area contributed by atoms with Crippen LogP contribution in [0.4, 0.5) is 0 Å². The number of aromatic nitrogens is 2. The summed E-state index contributed by atoms with van der Waals surface area (Å²) >= 11 is 0. The highest BCUT2D eigenvalue weighted by atomic mass is 16.7. The van der Waals surface area contributed by atoms with Gasteiger partial charge in [-0.25, -0.2) is 0 Å². The first-order chi connectivity index (χ1) is 14.2. The highest BCUT2D eigenvalue weighted by Crippen LogP contribution is 2.22. The zero-order chi connectivity index (χ0) is 20.1. The summed E-state index contributed by atoms with van der Waals surface area (Å²) in [7, 11) is 0. The minimum absolute atomic E-state index is 0.181.